The average molecular weight is 244 g/mol. The van der Waals surface area contributed by atoms with Crippen LogP contribution in [-0.4, -0.2) is 15.0 Å². The zero-order valence-corrected chi connectivity index (χ0v) is 10.3. The number of pyridine rings is 1. The lowest BCUT2D eigenvalue weighted by atomic mass is 10.2. The predicted octanol–water partition coefficient (Wildman–Crippen LogP) is 2.77. The second kappa shape index (κ2) is 3.92. The van der Waals surface area contributed by atoms with Crippen molar-refractivity contribution in [3.63, 3.8) is 0 Å². The van der Waals surface area contributed by atoms with Gasteiger partial charge in [0.05, 0.1) is 10.2 Å². The number of fused-ring (bicyclic) bond motifs is 3. The van der Waals surface area contributed by atoms with Crippen molar-refractivity contribution >= 4 is 37.6 Å². The first-order valence-electron chi connectivity index (χ1n) is 5.58. The van der Waals surface area contributed by atoms with E-state index in [1.165, 1.54) is 6.33 Å². The van der Waals surface area contributed by atoms with Crippen LogP contribution in [0.3, 0.4) is 0 Å². The van der Waals surface area contributed by atoms with Crippen molar-refractivity contribution in [2.24, 2.45) is 0 Å². The Morgan fingerprint density at radius 3 is 3.00 bits per heavy atom. The Labute approximate surface area is 103 Å². The minimum Gasteiger partial charge on any atom is -0.382 e. The van der Waals surface area contributed by atoms with Crippen LogP contribution in [0.1, 0.15) is 19.0 Å². The van der Waals surface area contributed by atoms with E-state index in [4.69, 9.17) is 5.73 Å². The molecule has 4 nitrogen and oxygen atoms in total. The fourth-order valence-electron chi connectivity index (χ4n) is 1.91. The van der Waals surface area contributed by atoms with Crippen molar-refractivity contribution in [3.8, 4) is 0 Å². The number of nitrogens with two attached hydrogens (primary N) is 1. The Bertz CT molecular complexity index is 689. The molecule has 0 fully saturated rings. The molecule has 0 amide bonds. The second-order valence-electron chi connectivity index (χ2n) is 3.94. The summed E-state index contributed by atoms with van der Waals surface area (Å²) >= 11 is 1.57. The highest BCUT2D eigenvalue weighted by molar-refractivity contribution is 7.25. The van der Waals surface area contributed by atoms with Gasteiger partial charge in [-0.1, -0.05) is 13.3 Å². The van der Waals surface area contributed by atoms with Gasteiger partial charge in [0, 0.05) is 11.1 Å². The minimum absolute atomic E-state index is 0.537. The lowest BCUT2D eigenvalue weighted by Crippen LogP contribution is -1.90. The first kappa shape index (κ1) is 10.4. The Hall–Kier alpha value is -1.75. The van der Waals surface area contributed by atoms with Crippen LogP contribution in [0.25, 0.3) is 20.4 Å². The van der Waals surface area contributed by atoms with E-state index < -0.39 is 0 Å². The normalized spacial score (nSPS) is 11.4. The van der Waals surface area contributed by atoms with Crippen LogP contribution in [0.15, 0.2) is 18.5 Å². The molecular formula is C12H12N4S. The molecule has 5 heteroatoms. The maximum atomic E-state index is 5.85. The standard InChI is InChI=1S/C12H12N4S/c1-2-3-7-4-5-8-9-10(17-12(8)16-7)11(13)15-6-14-9/h4-6H,2-3H2,1H3,(H2,13,14,15). The zero-order valence-electron chi connectivity index (χ0n) is 9.47. The van der Waals surface area contributed by atoms with E-state index in [1.54, 1.807) is 11.3 Å². The SMILES string of the molecule is CCCc1ccc2c(n1)sc1c(N)ncnc12. The highest BCUT2D eigenvalue weighted by atomic mass is 32.1. The molecule has 3 aromatic rings. The van der Waals surface area contributed by atoms with Gasteiger partial charge in [0.2, 0.25) is 0 Å². The fraction of sp³-hybridized carbons (Fsp3) is 0.250. The van der Waals surface area contributed by atoms with Crippen LogP contribution < -0.4 is 5.73 Å². The molecule has 0 radical (unpaired) electrons. The van der Waals surface area contributed by atoms with Gasteiger partial charge in [0.1, 0.15) is 17.0 Å². The van der Waals surface area contributed by atoms with E-state index in [2.05, 4.69) is 34.0 Å². The number of hydrogen-bond acceptors (Lipinski definition) is 5. The van der Waals surface area contributed by atoms with Gasteiger partial charge in [0.25, 0.3) is 0 Å². The number of nitrogens with zero attached hydrogens (tertiary/aromatic N) is 3. The van der Waals surface area contributed by atoms with E-state index in [1.807, 2.05) is 0 Å². The number of anilines is 1. The van der Waals surface area contributed by atoms with E-state index in [0.717, 1.165) is 39.0 Å². The fourth-order valence-corrected chi connectivity index (χ4v) is 2.96. The molecule has 0 bridgehead atoms. The van der Waals surface area contributed by atoms with Crippen LogP contribution in [0, 0.1) is 0 Å². The molecule has 0 spiro atoms. The quantitative estimate of drug-likeness (QED) is 0.752. The van der Waals surface area contributed by atoms with Crippen molar-refractivity contribution in [1.82, 2.24) is 15.0 Å². The predicted molar refractivity (Wildman–Crippen MR) is 71.1 cm³/mol. The summed E-state index contributed by atoms with van der Waals surface area (Å²) in [6.07, 6.45) is 3.61. The van der Waals surface area contributed by atoms with Crippen molar-refractivity contribution < 1.29 is 0 Å². The summed E-state index contributed by atoms with van der Waals surface area (Å²) in [5.41, 5.74) is 7.88. The lowest BCUT2D eigenvalue weighted by Gasteiger charge is -1.96. The summed E-state index contributed by atoms with van der Waals surface area (Å²) in [5.74, 6) is 0.537. The van der Waals surface area contributed by atoms with Crippen molar-refractivity contribution in [2.45, 2.75) is 19.8 Å². The first-order valence-corrected chi connectivity index (χ1v) is 6.40. The van der Waals surface area contributed by atoms with E-state index in [-0.39, 0.29) is 0 Å². The largest absolute Gasteiger partial charge is 0.382 e. The van der Waals surface area contributed by atoms with E-state index in [0.29, 0.717) is 5.82 Å². The topological polar surface area (TPSA) is 64.7 Å². The molecule has 0 aliphatic carbocycles. The molecule has 17 heavy (non-hydrogen) atoms. The average Bonchev–Trinajstić information content (AvgIpc) is 2.69. The highest BCUT2D eigenvalue weighted by Gasteiger charge is 2.10. The van der Waals surface area contributed by atoms with Gasteiger partial charge in [-0.2, -0.15) is 0 Å². The number of rotatable bonds is 2. The van der Waals surface area contributed by atoms with Crippen LogP contribution >= 0.6 is 11.3 Å². The third kappa shape index (κ3) is 1.63. The van der Waals surface area contributed by atoms with Crippen LogP contribution in [0.4, 0.5) is 5.82 Å². The molecule has 3 rings (SSSR count). The summed E-state index contributed by atoms with van der Waals surface area (Å²) in [4.78, 5) is 13.9. The van der Waals surface area contributed by atoms with Crippen LogP contribution in [0.2, 0.25) is 0 Å². The Morgan fingerprint density at radius 2 is 2.18 bits per heavy atom. The van der Waals surface area contributed by atoms with Gasteiger partial charge in [-0.05, 0) is 18.6 Å². The van der Waals surface area contributed by atoms with Crippen LogP contribution in [-0.2, 0) is 6.42 Å². The second-order valence-corrected chi connectivity index (χ2v) is 4.94. The maximum Gasteiger partial charge on any atom is 0.144 e. The Morgan fingerprint density at radius 1 is 1.29 bits per heavy atom. The third-order valence-electron chi connectivity index (χ3n) is 2.71. The van der Waals surface area contributed by atoms with Gasteiger partial charge in [-0.3, -0.25) is 0 Å². The smallest absolute Gasteiger partial charge is 0.144 e. The van der Waals surface area contributed by atoms with E-state index >= 15 is 0 Å². The van der Waals surface area contributed by atoms with Gasteiger partial charge in [0.15, 0.2) is 0 Å². The Balaban J connectivity index is 2.31. The number of thiophene rings is 1. The molecule has 0 atom stereocenters. The molecule has 0 aliphatic rings. The highest BCUT2D eigenvalue weighted by Crippen LogP contribution is 2.33. The molecular weight excluding hydrogens is 232 g/mol. The number of hydrogen-bond donors (Lipinski definition) is 1. The summed E-state index contributed by atoms with van der Waals surface area (Å²) in [6.45, 7) is 2.15. The summed E-state index contributed by atoms with van der Waals surface area (Å²) < 4.78 is 0.934. The monoisotopic (exact) mass is 244 g/mol. The molecule has 86 valence electrons. The molecule has 3 aromatic heterocycles. The van der Waals surface area contributed by atoms with Crippen molar-refractivity contribution in [2.75, 3.05) is 5.73 Å². The third-order valence-corrected chi connectivity index (χ3v) is 3.82. The summed E-state index contributed by atoms with van der Waals surface area (Å²) in [7, 11) is 0. The molecule has 0 aromatic carbocycles. The van der Waals surface area contributed by atoms with Crippen LogP contribution in [0.5, 0.6) is 0 Å². The minimum atomic E-state index is 0.537. The summed E-state index contributed by atoms with van der Waals surface area (Å²) in [6, 6.07) is 4.15. The van der Waals surface area contributed by atoms with Gasteiger partial charge in [-0.15, -0.1) is 11.3 Å². The molecule has 0 aliphatic heterocycles. The molecule has 0 unspecified atom stereocenters. The molecule has 2 N–H and O–H groups in total. The zero-order chi connectivity index (χ0) is 11.8. The Kier molecular flexibility index (Phi) is 2.40. The van der Waals surface area contributed by atoms with Gasteiger partial charge < -0.3 is 5.73 Å². The van der Waals surface area contributed by atoms with Gasteiger partial charge in [-0.25, -0.2) is 15.0 Å². The lowest BCUT2D eigenvalue weighted by molar-refractivity contribution is 0.891. The number of aromatic nitrogens is 3. The molecule has 0 saturated carbocycles. The molecule has 3 heterocycles. The van der Waals surface area contributed by atoms with Crippen molar-refractivity contribution in [3.05, 3.63) is 24.2 Å². The first-order chi connectivity index (χ1) is 8.29. The maximum absolute atomic E-state index is 5.85. The molecule has 0 saturated heterocycles. The van der Waals surface area contributed by atoms with Crippen molar-refractivity contribution in [1.29, 1.82) is 0 Å². The number of aryl methyl sites for hydroxylation is 1. The van der Waals surface area contributed by atoms with E-state index in [9.17, 15) is 0 Å². The summed E-state index contributed by atoms with van der Waals surface area (Å²) in [5, 5.41) is 1.07. The number of nitrogen functional groups attached to an aromatic ring is 1. The van der Waals surface area contributed by atoms with Gasteiger partial charge >= 0.3 is 0 Å².